The van der Waals surface area contributed by atoms with Crippen molar-refractivity contribution in [2.45, 2.75) is 25.3 Å². The molecule has 0 atom stereocenters. The molecule has 80 valence electrons. The summed E-state index contributed by atoms with van der Waals surface area (Å²) in [6.45, 7) is 2.21. The first-order chi connectivity index (χ1) is 7.31. The van der Waals surface area contributed by atoms with E-state index < -0.39 is 0 Å². The van der Waals surface area contributed by atoms with Crippen molar-refractivity contribution in [1.82, 2.24) is 19.7 Å². The third kappa shape index (κ3) is 2.16. The number of nitriles is 1. The summed E-state index contributed by atoms with van der Waals surface area (Å²) in [6.07, 6.45) is 4.34. The van der Waals surface area contributed by atoms with Gasteiger partial charge in [-0.1, -0.05) is 0 Å². The highest BCUT2D eigenvalue weighted by Crippen LogP contribution is 2.22. The normalized spacial score (nSPS) is 18.9. The van der Waals surface area contributed by atoms with E-state index in [-0.39, 0.29) is 0 Å². The first-order valence-electron chi connectivity index (χ1n) is 5.25. The van der Waals surface area contributed by atoms with Gasteiger partial charge in [-0.3, -0.25) is 0 Å². The highest BCUT2D eigenvalue weighted by atomic mass is 15.3. The van der Waals surface area contributed by atoms with Crippen molar-refractivity contribution < 1.29 is 0 Å². The standard InChI is InChI=1S/C10H15N5/c1-14-6-3-9(4-7-14)15-8-12-13-10(15)2-5-11/h8-9H,2-4,6-7H2,1H3. The SMILES string of the molecule is CN1CCC(n2cnnc2CC#N)CC1. The van der Waals surface area contributed by atoms with Gasteiger partial charge in [0.15, 0.2) is 0 Å². The largest absolute Gasteiger partial charge is 0.314 e. The van der Waals surface area contributed by atoms with Crippen LogP contribution in [0.5, 0.6) is 0 Å². The van der Waals surface area contributed by atoms with E-state index in [1.54, 1.807) is 6.33 Å². The van der Waals surface area contributed by atoms with Gasteiger partial charge in [0.2, 0.25) is 0 Å². The number of likely N-dealkylation sites (tertiary alicyclic amines) is 1. The van der Waals surface area contributed by atoms with Gasteiger partial charge in [-0.15, -0.1) is 10.2 Å². The van der Waals surface area contributed by atoms with Crippen LogP contribution in [0.3, 0.4) is 0 Å². The van der Waals surface area contributed by atoms with Gasteiger partial charge >= 0.3 is 0 Å². The Morgan fingerprint density at radius 2 is 2.27 bits per heavy atom. The summed E-state index contributed by atoms with van der Waals surface area (Å²) in [5, 5.41) is 16.5. The Hall–Kier alpha value is -1.41. The van der Waals surface area contributed by atoms with E-state index in [1.807, 2.05) is 0 Å². The zero-order valence-corrected chi connectivity index (χ0v) is 8.93. The van der Waals surface area contributed by atoms with Crippen molar-refractivity contribution >= 4 is 0 Å². The van der Waals surface area contributed by atoms with Crippen LogP contribution in [0, 0.1) is 11.3 Å². The number of rotatable bonds is 2. The molecule has 0 unspecified atom stereocenters. The molecule has 1 aliphatic heterocycles. The predicted molar refractivity (Wildman–Crippen MR) is 55.1 cm³/mol. The lowest BCUT2D eigenvalue weighted by atomic mass is 10.1. The molecular weight excluding hydrogens is 190 g/mol. The molecule has 0 saturated carbocycles. The van der Waals surface area contributed by atoms with Crippen LogP contribution in [0.1, 0.15) is 24.7 Å². The summed E-state index contributed by atoms with van der Waals surface area (Å²) in [5.74, 6) is 0.798. The van der Waals surface area contributed by atoms with Crippen LogP contribution in [-0.2, 0) is 6.42 Å². The molecule has 1 aliphatic rings. The van der Waals surface area contributed by atoms with E-state index in [0.29, 0.717) is 12.5 Å². The van der Waals surface area contributed by atoms with Crippen molar-refractivity contribution in [3.05, 3.63) is 12.2 Å². The van der Waals surface area contributed by atoms with Crippen LogP contribution in [0.25, 0.3) is 0 Å². The Morgan fingerprint density at radius 1 is 1.53 bits per heavy atom. The maximum atomic E-state index is 8.66. The van der Waals surface area contributed by atoms with Gasteiger partial charge in [0.25, 0.3) is 0 Å². The monoisotopic (exact) mass is 205 g/mol. The highest BCUT2D eigenvalue weighted by molar-refractivity contribution is 4.97. The molecule has 0 N–H and O–H groups in total. The Bertz CT molecular complexity index is 356. The zero-order chi connectivity index (χ0) is 10.7. The average Bonchev–Trinajstić information content (AvgIpc) is 2.68. The minimum Gasteiger partial charge on any atom is -0.314 e. The molecule has 5 nitrogen and oxygen atoms in total. The quantitative estimate of drug-likeness (QED) is 0.710. The Balaban J connectivity index is 2.09. The zero-order valence-electron chi connectivity index (χ0n) is 8.93. The lowest BCUT2D eigenvalue weighted by Gasteiger charge is -2.30. The van der Waals surface area contributed by atoms with Crippen LogP contribution in [0.4, 0.5) is 0 Å². The number of hydrogen-bond acceptors (Lipinski definition) is 4. The summed E-state index contributed by atoms with van der Waals surface area (Å²) in [7, 11) is 2.14. The summed E-state index contributed by atoms with van der Waals surface area (Å²) in [6, 6.07) is 2.60. The molecule has 0 bridgehead atoms. The number of nitrogens with zero attached hydrogens (tertiary/aromatic N) is 5. The summed E-state index contributed by atoms with van der Waals surface area (Å²) < 4.78 is 2.07. The first kappa shape index (κ1) is 10.1. The van der Waals surface area contributed by atoms with Crippen molar-refractivity contribution in [2.75, 3.05) is 20.1 Å². The predicted octanol–water partition coefficient (Wildman–Crippen LogP) is 0.611. The first-order valence-corrected chi connectivity index (χ1v) is 5.25. The maximum Gasteiger partial charge on any atom is 0.147 e. The summed E-state index contributed by atoms with van der Waals surface area (Å²) in [4.78, 5) is 2.32. The number of hydrogen-bond donors (Lipinski definition) is 0. The van der Waals surface area contributed by atoms with Crippen LogP contribution >= 0.6 is 0 Å². The molecular formula is C10H15N5. The molecule has 15 heavy (non-hydrogen) atoms. The van der Waals surface area contributed by atoms with Gasteiger partial charge in [0.05, 0.1) is 12.5 Å². The lowest BCUT2D eigenvalue weighted by Crippen LogP contribution is -2.31. The topological polar surface area (TPSA) is 57.7 Å². The molecule has 1 saturated heterocycles. The molecule has 5 heteroatoms. The van der Waals surface area contributed by atoms with E-state index >= 15 is 0 Å². The van der Waals surface area contributed by atoms with Crippen molar-refractivity contribution in [1.29, 1.82) is 5.26 Å². The minimum absolute atomic E-state index is 0.354. The molecule has 1 aromatic rings. The Morgan fingerprint density at radius 3 is 2.93 bits per heavy atom. The molecule has 2 heterocycles. The Kier molecular flexibility index (Phi) is 2.97. The lowest BCUT2D eigenvalue weighted by molar-refractivity contribution is 0.219. The second-order valence-corrected chi connectivity index (χ2v) is 4.02. The van der Waals surface area contributed by atoms with Crippen LogP contribution in [0.15, 0.2) is 6.33 Å². The fourth-order valence-corrected chi connectivity index (χ4v) is 2.04. The maximum absolute atomic E-state index is 8.66. The van der Waals surface area contributed by atoms with Crippen molar-refractivity contribution in [3.8, 4) is 6.07 Å². The van der Waals surface area contributed by atoms with Crippen molar-refractivity contribution in [3.63, 3.8) is 0 Å². The van der Waals surface area contributed by atoms with Crippen LogP contribution in [0.2, 0.25) is 0 Å². The van der Waals surface area contributed by atoms with Gasteiger partial charge in [0, 0.05) is 6.04 Å². The van der Waals surface area contributed by atoms with Gasteiger partial charge in [0.1, 0.15) is 12.2 Å². The number of piperidine rings is 1. The van der Waals surface area contributed by atoms with E-state index in [4.69, 9.17) is 5.26 Å². The molecule has 1 aromatic heterocycles. The van der Waals surface area contributed by atoms with Gasteiger partial charge < -0.3 is 9.47 Å². The van der Waals surface area contributed by atoms with E-state index in [0.717, 1.165) is 31.8 Å². The minimum atomic E-state index is 0.354. The molecule has 0 radical (unpaired) electrons. The fourth-order valence-electron chi connectivity index (χ4n) is 2.04. The average molecular weight is 205 g/mol. The van der Waals surface area contributed by atoms with Crippen LogP contribution in [-0.4, -0.2) is 39.8 Å². The van der Waals surface area contributed by atoms with Crippen molar-refractivity contribution in [2.24, 2.45) is 0 Å². The fraction of sp³-hybridized carbons (Fsp3) is 0.700. The molecule has 2 rings (SSSR count). The molecule has 0 aromatic carbocycles. The second kappa shape index (κ2) is 4.41. The highest BCUT2D eigenvalue weighted by Gasteiger charge is 2.20. The molecule has 0 aliphatic carbocycles. The van der Waals surface area contributed by atoms with E-state index in [1.165, 1.54) is 0 Å². The van der Waals surface area contributed by atoms with Gasteiger partial charge in [-0.2, -0.15) is 5.26 Å². The van der Waals surface area contributed by atoms with E-state index in [2.05, 4.69) is 32.8 Å². The van der Waals surface area contributed by atoms with Gasteiger partial charge in [-0.05, 0) is 33.0 Å². The van der Waals surface area contributed by atoms with Gasteiger partial charge in [-0.25, -0.2) is 0 Å². The van der Waals surface area contributed by atoms with E-state index in [9.17, 15) is 0 Å². The summed E-state index contributed by atoms with van der Waals surface area (Å²) >= 11 is 0. The summed E-state index contributed by atoms with van der Waals surface area (Å²) in [5.41, 5.74) is 0. The smallest absolute Gasteiger partial charge is 0.147 e. The molecule has 0 spiro atoms. The second-order valence-electron chi connectivity index (χ2n) is 4.02. The molecule has 0 amide bonds. The third-order valence-electron chi connectivity index (χ3n) is 2.97. The Labute approximate surface area is 89.3 Å². The molecule has 1 fully saturated rings. The third-order valence-corrected chi connectivity index (χ3v) is 2.97. The van der Waals surface area contributed by atoms with Crippen LogP contribution < -0.4 is 0 Å². The number of aromatic nitrogens is 3.